The van der Waals surface area contributed by atoms with Crippen LogP contribution in [0.2, 0.25) is 0 Å². The Morgan fingerprint density at radius 1 is 1.50 bits per heavy atom. The number of aromatic nitrogens is 1. The summed E-state index contributed by atoms with van der Waals surface area (Å²) >= 11 is 0. The van der Waals surface area contributed by atoms with Crippen LogP contribution in [0.5, 0.6) is 0 Å². The van der Waals surface area contributed by atoms with Crippen LogP contribution in [0.3, 0.4) is 0 Å². The van der Waals surface area contributed by atoms with Crippen molar-refractivity contribution in [3.05, 3.63) is 23.5 Å². The van der Waals surface area contributed by atoms with Gasteiger partial charge in [0, 0.05) is 38.4 Å². The number of piperazine rings is 1. The van der Waals surface area contributed by atoms with Gasteiger partial charge < -0.3 is 14.8 Å². The van der Waals surface area contributed by atoms with Crippen molar-refractivity contribution in [2.45, 2.75) is 19.9 Å². The highest BCUT2D eigenvalue weighted by atomic mass is 16.2. The number of aryl methyl sites for hydroxylation is 1. The van der Waals surface area contributed by atoms with Crippen LogP contribution in [0.4, 0.5) is 0 Å². The summed E-state index contributed by atoms with van der Waals surface area (Å²) in [5, 5.41) is 3.34. The Morgan fingerprint density at radius 3 is 2.81 bits per heavy atom. The van der Waals surface area contributed by atoms with Crippen LogP contribution >= 0.6 is 0 Å². The number of hydrogen-bond acceptors (Lipinski definition) is 2. The number of rotatable bonds is 1. The van der Waals surface area contributed by atoms with Crippen molar-refractivity contribution in [2.75, 3.05) is 19.6 Å². The molecule has 1 saturated heterocycles. The van der Waals surface area contributed by atoms with E-state index >= 15 is 0 Å². The third kappa shape index (κ3) is 1.97. The molecular formula is C12H19N3O. The molecule has 88 valence electrons. The Balaban J connectivity index is 2.15. The molecule has 4 heteroatoms. The second kappa shape index (κ2) is 4.29. The fourth-order valence-electron chi connectivity index (χ4n) is 2.11. The summed E-state index contributed by atoms with van der Waals surface area (Å²) in [6.07, 6.45) is 0. The van der Waals surface area contributed by atoms with Gasteiger partial charge in [0.25, 0.3) is 5.91 Å². The van der Waals surface area contributed by atoms with Crippen LogP contribution in [-0.4, -0.2) is 41.1 Å². The summed E-state index contributed by atoms with van der Waals surface area (Å²) in [6.45, 7) is 6.60. The zero-order chi connectivity index (χ0) is 11.7. The normalized spacial score (nSPS) is 21.2. The van der Waals surface area contributed by atoms with Gasteiger partial charge in [0.05, 0.1) is 0 Å². The summed E-state index contributed by atoms with van der Waals surface area (Å²) in [6, 6.07) is 4.28. The molecule has 1 N–H and O–H groups in total. The first-order valence-electron chi connectivity index (χ1n) is 5.74. The van der Waals surface area contributed by atoms with Crippen molar-refractivity contribution in [2.24, 2.45) is 7.05 Å². The Labute approximate surface area is 96.2 Å². The van der Waals surface area contributed by atoms with Gasteiger partial charge in [-0.25, -0.2) is 0 Å². The Kier molecular flexibility index (Phi) is 3.01. The zero-order valence-corrected chi connectivity index (χ0v) is 10.2. The van der Waals surface area contributed by atoms with Gasteiger partial charge in [-0.3, -0.25) is 4.79 Å². The van der Waals surface area contributed by atoms with Crippen molar-refractivity contribution in [3.8, 4) is 0 Å². The fraction of sp³-hybridized carbons (Fsp3) is 0.583. The molecule has 0 aromatic carbocycles. The van der Waals surface area contributed by atoms with Crippen LogP contribution in [-0.2, 0) is 7.05 Å². The van der Waals surface area contributed by atoms with E-state index in [1.54, 1.807) is 0 Å². The van der Waals surface area contributed by atoms with Gasteiger partial charge in [-0.15, -0.1) is 0 Å². The largest absolute Gasteiger partial charge is 0.344 e. The second-order valence-electron chi connectivity index (χ2n) is 4.53. The van der Waals surface area contributed by atoms with Gasteiger partial charge >= 0.3 is 0 Å². The Morgan fingerprint density at radius 2 is 2.25 bits per heavy atom. The lowest BCUT2D eigenvalue weighted by Crippen LogP contribution is -2.51. The fourth-order valence-corrected chi connectivity index (χ4v) is 2.11. The van der Waals surface area contributed by atoms with E-state index < -0.39 is 0 Å². The van der Waals surface area contributed by atoms with E-state index in [1.165, 1.54) is 0 Å². The average Bonchev–Trinajstić information content (AvgIpc) is 2.59. The van der Waals surface area contributed by atoms with E-state index in [4.69, 9.17) is 0 Å². The topological polar surface area (TPSA) is 37.3 Å². The molecule has 2 rings (SSSR count). The smallest absolute Gasteiger partial charge is 0.270 e. The van der Waals surface area contributed by atoms with Crippen LogP contribution < -0.4 is 5.32 Å². The molecule has 0 bridgehead atoms. The summed E-state index contributed by atoms with van der Waals surface area (Å²) in [7, 11) is 1.94. The van der Waals surface area contributed by atoms with Crippen LogP contribution in [0.25, 0.3) is 0 Å². The minimum absolute atomic E-state index is 0.143. The lowest BCUT2D eigenvalue weighted by molar-refractivity contribution is 0.0699. The highest BCUT2D eigenvalue weighted by molar-refractivity contribution is 5.93. The molecule has 1 aromatic heterocycles. The van der Waals surface area contributed by atoms with Gasteiger partial charge in [0.15, 0.2) is 0 Å². The summed E-state index contributed by atoms with van der Waals surface area (Å²) < 4.78 is 1.95. The van der Waals surface area contributed by atoms with E-state index in [0.717, 1.165) is 31.0 Å². The Bertz CT molecular complexity index is 397. The van der Waals surface area contributed by atoms with Gasteiger partial charge in [-0.05, 0) is 26.0 Å². The molecule has 1 aromatic rings. The van der Waals surface area contributed by atoms with Crippen LogP contribution in [0.15, 0.2) is 12.1 Å². The summed E-state index contributed by atoms with van der Waals surface area (Å²) in [5.74, 6) is 0.143. The Hall–Kier alpha value is -1.29. The minimum atomic E-state index is 0.143. The molecule has 0 radical (unpaired) electrons. The molecule has 1 fully saturated rings. The molecule has 1 amide bonds. The first-order chi connectivity index (χ1) is 7.59. The quantitative estimate of drug-likeness (QED) is 0.760. The van der Waals surface area contributed by atoms with Crippen LogP contribution in [0.1, 0.15) is 23.1 Å². The predicted octanol–water partition coefficient (Wildman–Crippen LogP) is 0.767. The monoisotopic (exact) mass is 221 g/mol. The third-order valence-corrected chi connectivity index (χ3v) is 3.25. The predicted molar refractivity (Wildman–Crippen MR) is 63.5 cm³/mol. The molecule has 0 saturated carbocycles. The summed E-state index contributed by atoms with van der Waals surface area (Å²) in [4.78, 5) is 14.2. The number of nitrogens with one attached hydrogen (secondary N) is 1. The van der Waals surface area contributed by atoms with Crippen LogP contribution in [0, 0.1) is 6.92 Å². The maximum atomic E-state index is 12.3. The van der Waals surface area contributed by atoms with Crippen molar-refractivity contribution in [3.63, 3.8) is 0 Å². The second-order valence-corrected chi connectivity index (χ2v) is 4.53. The lowest BCUT2D eigenvalue weighted by atomic mass is 10.2. The molecule has 16 heavy (non-hydrogen) atoms. The van der Waals surface area contributed by atoms with Crippen molar-refractivity contribution >= 4 is 5.91 Å². The first kappa shape index (κ1) is 11.2. The molecule has 1 aliphatic rings. The SMILES string of the molecule is Cc1ccc(C(=O)N2CCN[C@@H](C)C2)n1C. The van der Waals surface area contributed by atoms with Crippen molar-refractivity contribution in [1.82, 2.24) is 14.8 Å². The number of carbonyl (C=O) groups excluding carboxylic acids is 1. The first-order valence-corrected chi connectivity index (χ1v) is 5.74. The maximum absolute atomic E-state index is 12.3. The number of nitrogens with zero attached hydrogens (tertiary/aromatic N) is 2. The molecule has 4 nitrogen and oxygen atoms in total. The van der Waals surface area contributed by atoms with E-state index in [1.807, 2.05) is 35.6 Å². The summed E-state index contributed by atoms with van der Waals surface area (Å²) in [5.41, 5.74) is 1.90. The molecular weight excluding hydrogens is 202 g/mol. The molecule has 2 heterocycles. The maximum Gasteiger partial charge on any atom is 0.270 e. The van der Waals surface area contributed by atoms with Crippen molar-refractivity contribution in [1.29, 1.82) is 0 Å². The third-order valence-electron chi connectivity index (χ3n) is 3.25. The highest BCUT2D eigenvalue weighted by Gasteiger charge is 2.23. The van der Waals surface area contributed by atoms with E-state index in [0.29, 0.717) is 6.04 Å². The molecule has 1 atom stereocenters. The number of hydrogen-bond donors (Lipinski definition) is 1. The lowest BCUT2D eigenvalue weighted by Gasteiger charge is -2.32. The van der Waals surface area contributed by atoms with E-state index in [-0.39, 0.29) is 5.91 Å². The highest BCUT2D eigenvalue weighted by Crippen LogP contribution is 2.10. The number of amides is 1. The standard InChI is InChI=1S/C12H19N3O/c1-9-8-15(7-6-13-9)12(16)11-5-4-10(2)14(11)3/h4-5,9,13H,6-8H2,1-3H3/t9-/m0/s1. The zero-order valence-electron chi connectivity index (χ0n) is 10.2. The average molecular weight is 221 g/mol. The van der Waals surface area contributed by atoms with Gasteiger partial charge in [-0.1, -0.05) is 0 Å². The van der Waals surface area contributed by atoms with Gasteiger partial charge in [-0.2, -0.15) is 0 Å². The van der Waals surface area contributed by atoms with E-state index in [2.05, 4.69) is 12.2 Å². The van der Waals surface area contributed by atoms with Gasteiger partial charge in [0.2, 0.25) is 0 Å². The van der Waals surface area contributed by atoms with E-state index in [9.17, 15) is 4.79 Å². The molecule has 0 unspecified atom stereocenters. The molecule has 0 aliphatic carbocycles. The molecule has 0 spiro atoms. The number of carbonyl (C=O) groups is 1. The van der Waals surface area contributed by atoms with Crippen molar-refractivity contribution < 1.29 is 4.79 Å². The molecule has 1 aliphatic heterocycles. The minimum Gasteiger partial charge on any atom is -0.344 e. The van der Waals surface area contributed by atoms with Gasteiger partial charge in [0.1, 0.15) is 5.69 Å².